The predicted molar refractivity (Wildman–Crippen MR) is 33.9 cm³/mol. The molecule has 0 saturated heterocycles. The number of nitrogens with zero attached hydrogens (tertiary/aromatic N) is 2. The van der Waals surface area contributed by atoms with Crippen molar-refractivity contribution in [2.24, 2.45) is 0 Å². The lowest BCUT2D eigenvalue weighted by molar-refractivity contribution is 0.582. The van der Waals surface area contributed by atoms with Crippen LogP contribution in [-0.4, -0.2) is 4.98 Å². The first-order chi connectivity index (χ1) is 4.72. The van der Waals surface area contributed by atoms with Gasteiger partial charge in [-0.2, -0.15) is 9.65 Å². The zero-order chi connectivity index (χ0) is 7.56. The summed E-state index contributed by atoms with van der Waals surface area (Å²) in [6.07, 6.45) is 0. The van der Waals surface area contributed by atoms with Crippen LogP contribution in [0, 0.1) is 17.3 Å². The van der Waals surface area contributed by atoms with Crippen LogP contribution in [0.4, 0.5) is 4.39 Å². The lowest BCUT2D eigenvalue weighted by Gasteiger charge is -1.89. The molecule has 0 aliphatic carbocycles. The third-order valence-corrected chi connectivity index (χ3v) is 1.09. The Balaban J connectivity index is 3.22. The molecule has 0 saturated carbocycles. The predicted octanol–water partition coefficient (Wildman–Crippen LogP) is 1.75. The molecule has 0 spiro atoms. The number of pyridine rings is 1. The molecule has 0 aromatic carbocycles. The van der Waals surface area contributed by atoms with Gasteiger partial charge in [-0.3, -0.25) is 0 Å². The molecule has 0 atom stereocenters. The fourth-order valence-electron chi connectivity index (χ4n) is 0.523. The van der Waals surface area contributed by atoms with Crippen LogP contribution in [0.25, 0.3) is 0 Å². The van der Waals surface area contributed by atoms with E-state index in [-0.39, 0.29) is 10.7 Å². The van der Waals surface area contributed by atoms with Gasteiger partial charge in [-0.1, -0.05) is 11.6 Å². The van der Waals surface area contributed by atoms with Gasteiger partial charge >= 0.3 is 0 Å². The third-order valence-electron chi connectivity index (χ3n) is 0.873. The van der Waals surface area contributed by atoms with Gasteiger partial charge in [0.15, 0.2) is 0 Å². The van der Waals surface area contributed by atoms with Gasteiger partial charge in [0, 0.05) is 11.1 Å². The van der Waals surface area contributed by atoms with Crippen molar-refractivity contribution in [3.8, 4) is 6.07 Å². The Kier molecular flexibility index (Phi) is 1.83. The minimum absolute atomic E-state index is 0.00926. The van der Waals surface area contributed by atoms with Crippen molar-refractivity contribution in [1.82, 2.24) is 4.98 Å². The summed E-state index contributed by atoms with van der Waals surface area (Å²) in [6, 6.07) is 4.01. The SMILES string of the molecule is N#Cc1cc(Cl)cc(F)n1. The average Bonchev–Trinajstić information content (AvgIpc) is 1.85. The Hall–Kier alpha value is -1.14. The van der Waals surface area contributed by atoms with Gasteiger partial charge in [0.2, 0.25) is 5.95 Å². The topological polar surface area (TPSA) is 36.7 Å². The van der Waals surface area contributed by atoms with E-state index in [4.69, 9.17) is 16.9 Å². The highest BCUT2D eigenvalue weighted by molar-refractivity contribution is 6.30. The van der Waals surface area contributed by atoms with Crippen molar-refractivity contribution >= 4 is 11.6 Å². The molecule has 1 aromatic heterocycles. The fourth-order valence-corrected chi connectivity index (χ4v) is 0.716. The molecule has 1 heterocycles. The summed E-state index contributed by atoms with van der Waals surface area (Å²) >= 11 is 5.40. The molecule has 0 fully saturated rings. The Morgan fingerprint density at radius 2 is 2.30 bits per heavy atom. The summed E-state index contributed by atoms with van der Waals surface area (Å²) in [6.45, 7) is 0. The van der Waals surface area contributed by atoms with Crippen LogP contribution >= 0.6 is 11.6 Å². The Morgan fingerprint density at radius 3 is 2.80 bits per heavy atom. The van der Waals surface area contributed by atoms with Gasteiger partial charge in [-0.25, -0.2) is 4.98 Å². The number of hydrogen-bond acceptors (Lipinski definition) is 2. The summed E-state index contributed by atoms with van der Waals surface area (Å²) in [5, 5.41) is 8.43. The molecule has 0 aliphatic rings. The van der Waals surface area contributed by atoms with Crippen LogP contribution in [-0.2, 0) is 0 Å². The maximum absolute atomic E-state index is 12.3. The highest BCUT2D eigenvalue weighted by atomic mass is 35.5. The number of rotatable bonds is 0. The molecule has 1 rings (SSSR count). The molecule has 0 radical (unpaired) electrons. The standard InChI is InChI=1S/C6H2ClFN2/c7-4-1-5(3-9)10-6(8)2-4/h1-2H. The zero-order valence-corrected chi connectivity index (χ0v) is 5.56. The minimum atomic E-state index is -0.732. The summed E-state index contributed by atoms with van der Waals surface area (Å²) in [7, 11) is 0. The van der Waals surface area contributed by atoms with E-state index in [2.05, 4.69) is 4.98 Å². The monoisotopic (exact) mass is 156 g/mol. The number of aromatic nitrogens is 1. The maximum atomic E-state index is 12.3. The molecule has 2 nitrogen and oxygen atoms in total. The van der Waals surface area contributed by atoms with Gasteiger partial charge in [0.05, 0.1) is 0 Å². The number of halogens is 2. The highest BCUT2D eigenvalue weighted by Crippen LogP contribution is 2.09. The molecule has 0 aliphatic heterocycles. The molecule has 1 aromatic rings. The van der Waals surface area contributed by atoms with Crippen LogP contribution in [0.15, 0.2) is 12.1 Å². The third kappa shape index (κ3) is 1.42. The quantitative estimate of drug-likeness (QED) is 0.537. The number of hydrogen-bond donors (Lipinski definition) is 0. The second-order valence-electron chi connectivity index (χ2n) is 1.61. The molecular weight excluding hydrogens is 155 g/mol. The summed E-state index contributed by atoms with van der Waals surface area (Å²) in [5.74, 6) is -0.732. The van der Waals surface area contributed by atoms with Gasteiger partial charge < -0.3 is 0 Å². The smallest absolute Gasteiger partial charge is 0.209 e. The van der Waals surface area contributed by atoms with Crippen LogP contribution in [0.3, 0.4) is 0 Å². The first-order valence-electron chi connectivity index (χ1n) is 2.45. The highest BCUT2D eigenvalue weighted by Gasteiger charge is 1.97. The van der Waals surface area contributed by atoms with Gasteiger partial charge in [-0.15, -0.1) is 0 Å². The largest absolute Gasteiger partial charge is 0.215 e. The van der Waals surface area contributed by atoms with Crippen LogP contribution in [0.5, 0.6) is 0 Å². The van der Waals surface area contributed by atoms with E-state index in [1.165, 1.54) is 6.07 Å². The minimum Gasteiger partial charge on any atom is -0.209 e. The molecule has 10 heavy (non-hydrogen) atoms. The van der Waals surface area contributed by atoms with Gasteiger partial charge in [-0.05, 0) is 6.07 Å². The van der Waals surface area contributed by atoms with E-state index in [1.807, 2.05) is 0 Å². The molecule has 0 unspecified atom stereocenters. The summed E-state index contributed by atoms with van der Waals surface area (Å²) in [4.78, 5) is 3.24. The average molecular weight is 157 g/mol. The Bertz CT molecular complexity index is 272. The lowest BCUT2D eigenvalue weighted by atomic mass is 10.4. The molecule has 50 valence electrons. The second-order valence-corrected chi connectivity index (χ2v) is 2.04. The van der Waals surface area contributed by atoms with Gasteiger partial charge in [0.25, 0.3) is 0 Å². The van der Waals surface area contributed by atoms with E-state index in [0.29, 0.717) is 0 Å². The van der Waals surface area contributed by atoms with E-state index < -0.39 is 5.95 Å². The molecule has 4 heteroatoms. The lowest BCUT2D eigenvalue weighted by Crippen LogP contribution is -1.86. The first-order valence-corrected chi connectivity index (χ1v) is 2.83. The van der Waals surface area contributed by atoms with Crippen molar-refractivity contribution in [1.29, 1.82) is 5.26 Å². The normalized spacial score (nSPS) is 8.90. The van der Waals surface area contributed by atoms with E-state index >= 15 is 0 Å². The second kappa shape index (κ2) is 2.63. The van der Waals surface area contributed by atoms with Crippen molar-refractivity contribution in [2.45, 2.75) is 0 Å². The molecule has 0 bridgehead atoms. The molecular formula is C6H2ClFN2. The van der Waals surface area contributed by atoms with Crippen LogP contribution < -0.4 is 0 Å². The van der Waals surface area contributed by atoms with E-state index in [1.54, 1.807) is 6.07 Å². The van der Waals surface area contributed by atoms with E-state index in [9.17, 15) is 4.39 Å². The summed E-state index contributed by atoms with van der Waals surface area (Å²) < 4.78 is 12.3. The van der Waals surface area contributed by atoms with Crippen molar-refractivity contribution in [2.75, 3.05) is 0 Å². The van der Waals surface area contributed by atoms with Crippen molar-refractivity contribution in [3.63, 3.8) is 0 Å². The van der Waals surface area contributed by atoms with E-state index in [0.717, 1.165) is 6.07 Å². The number of nitriles is 1. The molecule has 0 N–H and O–H groups in total. The summed E-state index contributed by atoms with van der Waals surface area (Å²) in [5.41, 5.74) is -0.00926. The maximum Gasteiger partial charge on any atom is 0.215 e. The van der Waals surface area contributed by atoms with Crippen LogP contribution in [0.2, 0.25) is 5.02 Å². The Labute approximate surface area is 61.9 Å². The van der Waals surface area contributed by atoms with Gasteiger partial charge in [0.1, 0.15) is 11.8 Å². The first kappa shape index (κ1) is 6.97. The van der Waals surface area contributed by atoms with Crippen molar-refractivity contribution < 1.29 is 4.39 Å². The fraction of sp³-hybridized carbons (Fsp3) is 0. The van der Waals surface area contributed by atoms with Crippen molar-refractivity contribution in [3.05, 3.63) is 28.8 Å². The molecule has 0 amide bonds. The zero-order valence-electron chi connectivity index (χ0n) is 4.81. The Morgan fingerprint density at radius 1 is 1.60 bits per heavy atom. The van der Waals surface area contributed by atoms with Crippen LogP contribution in [0.1, 0.15) is 5.69 Å².